The molecule has 34 heavy (non-hydrogen) atoms. The van der Waals surface area contributed by atoms with Crippen molar-refractivity contribution in [1.29, 1.82) is 5.26 Å². The van der Waals surface area contributed by atoms with E-state index in [0.29, 0.717) is 51.3 Å². The minimum atomic E-state index is -0.477. The van der Waals surface area contributed by atoms with Gasteiger partial charge >= 0.3 is 0 Å². The molecule has 0 bridgehead atoms. The molecule has 1 aliphatic carbocycles. The quantitative estimate of drug-likeness (QED) is 0.412. The summed E-state index contributed by atoms with van der Waals surface area (Å²) in [5.74, 6) is 0.238. The van der Waals surface area contributed by atoms with Crippen LogP contribution in [-0.4, -0.2) is 29.5 Å². The summed E-state index contributed by atoms with van der Waals surface area (Å²) in [4.78, 5) is 17.1. The average molecular weight is 478 g/mol. The number of aryl methyl sites for hydroxylation is 1. The van der Waals surface area contributed by atoms with Crippen LogP contribution in [-0.2, 0) is 0 Å². The summed E-state index contributed by atoms with van der Waals surface area (Å²) in [5, 5.41) is 18.1. The van der Waals surface area contributed by atoms with Crippen LogP contribution >= 0.6 is 11.6 Å². The predicted octanol–water partition coefficient (Wildman–Crippen LogP) is 4.58. The SMILES string of the molecule is CC[C@H](Nc1nc(N)nc(C)c1C#N)c1cn2nc(C3CC3)c(Cl)c2nc1-c1cncc(F)c1. The number of nitrogen functional groups attached to an aromatic ring is 1. The van der Waals surface area contributed by atoms with Crippen LogP contribution in [0.15, 0.2) is 24.7 Å². The molecule has 1 saturated carbocycles. The number of pyridine rings is 1. The van der Waals surface area contributed by atoms with Crippen LogP contribution < -0.4 is 11.1 Å². The molecule has 1 aliphatic rings. The fourth-order valence-electron chi connectivity index (χ4n) is 4.02. The third kappa shape index (κ3) is 3.88. The Bertz CT molecular complexity index is 1460. The van der Waals surface area contributed by atoms with Gasteiger partial charge in [-0.05, 0) is 32.3 Å². The van der Waals surface area contributed by atoms with Gasteiger partial charge in [-0.1, -0.05) is 18.5 Å². The molecule has 9 nitrogen and oxygen atoms in total. The number of halogens is 2. The molecule has 4 aromatic rings. The van der Waals surface area contributed by atoms with Crippen LogP contribution in [0.5, 0.6) is 0 Å². The molecule has 11 heteroatoms. The number of nitriles is 1. The number of nitrogens with zero attached hydrogens (tertiary/aromatic N) is 7. The lowest BCUT2D eigenvalue weighted by Crippen LogP contribution is -2.16. The molecule has 0 radical (unpaired) electrons. The van der Waals surface area contributed by atoms with Crippen molar-refractivity contribution >= 4 is 29.0 Å². The van der Waals surface area contributed by atoms with Gasteiger partial charge in [0, 0.05) is 29.4 Å². The molecule has 0 spiro atoms. The predicted molar refractivity (Wildman–Crippen MR) is 126 cm³/mol. The Hall–Kier alpha value is -3.84. The van der Waals surface area contributed by atoms with E-state index < -0.39 is 5.82 Å². The largest absolute Gasteiger partial charge is 0.368 e. The maximum Gasteiger partial charge on any atom is 0.222 e. The van der Waals surface area contributed by atoms with E-state index in [1.165, 1.54) is 6.07 Å². The maximum absolute atomic E-state index is 14.1. The summed E-state index contributed by atoms with van der Waals surface area (Å²) in [5.41, 5.74) is 9.68. The highest BCUT2D eigenvalue weighted by molar-refractivity contribution is 6.34. The number of anilines is 2. The molecule has 172 valence electrons. The van der Waals surface area contributed by atoms with Crippen LogP contribution in [0, 0.1) is 24.1 Å². The van der Waals surface area contributed by atoms with E-state index in [1.54, 1.807) is 17.6 Å². The van der Waals surface area contributed by atoms with Crippen molar-refractivity contribution in [3.8, 4) is 17.3 Å². The highest BCUT2D eigenvalue weighted by atomic mass is 35.5. The van der Waals surface area contributed by atoms with Crippen molar-refractivity contribution in [3.05, 3.63) is 58.0 Å². The Morgan fingerprint density at radius 3 is 2.79 bits per heavy atom. The first kappa shape index (κ1) is 22.0. The minimum absolute atomic E-state index is 0.0601. The molecular formula is C23H21ClFN9. The molecule has 0 unspecified atom stereocenters. The standard InChI is InChI=1S/C23H21ClFN9/c1-3-17(30-21-15(7-26)11(2)29-23(27)32-21)16-10-34-22(18(24)20(33-34)12-4-5-12)31-19(16)13-6-14(25)9-28-8-13/h6,8-10,12,17H,3-5H2,1-2H3,(H3,27,29,30,32)/t17-/m0/s1. The maximum atomic E-state index is 14.1. The molecule has 4 heterocycles. The zero-order chi connectivity index (χ0) is 24.0. The molecule has 5 rings (SSSR count). The zero-order valence-electron chi connectivity index (χ0n) is 18.5. The summed E-state index contributed by atoms with van der Waals surface area (Å²) >= 11 is 6.63. The Labute approximate surface area is 199 Å². The van der Waals surface area contributed by atoms with E-state index >= 15 is 0 Å². The topological polar surface area (TPSA) is 131 Å². The number of hydrogen-bond acceptors (Lipinski definition) is 8. The smallest absolute Gasteiger partial charge is 0.222 e. The number of rotatable bonds is 6. The lowest BCUT2D eigenvalue weighted by Gasteiger charge is -2.22. The number of aromatic nitrogens is 6. The number of nitrogens with two attached hydrogens (primary N) is 1. The van der Waals surface area contributed by atoms with E-state index in [-0.39, 0.29) is 12.0 Å². The van der Waals surface area contributed by atoms with E-state index in [2.05, 4.69) is 31.4 Å². The average Bonchev–Trinajstić information content (AvgIpc) is 3.60. The first-order valence-electron chi connectivity index (χ1n) is 10.9. The van der Waals surface area contributed by atoms with E-state index in [1.807, 2.05) is 13.1 Å². The third-order valence-corrected chi connectivity index (χ3v) is 6.22. The zero-order valence-corrected chi connectivity index (χ0v) is 19.3. The van der Waals surface area contributed by atoms with Crippen molar-refractivity contribution in [2.45, 2.75) is 45.1 Å². The Balaban J connectivity index is 1.69. The van der Waals surface area contributed by atoms with Gasteiger partial charge in [0.2, 0.25) is 5.95 Å². The molecule has 1 atom stereocenters. The second kappa shape index (κ2) is 8.50. The second-order valence-corrected chi connectivity index (χ2v) is 8.66. The Morgan fingerprint density at radius 1 is 1.32 bits per heavy atom. The Morgan fingerprint density at radius 2 is 2.12 bits per heavy atom. The molecule has 0 aliphatic heterocycles. The monoisotopic (exact) mass is 477 g/mol. The van der Waals surface area contributed by atoms with Gasteiger partial charge in [0.05, 0.1) is 29.3 Å². The fourth-order valence-corrected chi connectivity index (χ4v) is 4.34. The van der Waals surface area contributed by atoms with Crippen LogP contribution in [0.3, 0.4) is 0 Å². The molecule has 0 aromatic carbocycles. The molecule has 4 aromatic heterocycles. The summed E-state index contributed by atoms with van der Waals surface area (Å²) in [6, 6.07) is 3.15. The summed E-state index contributed by atoms with van der Waals surface area (Å²) in [6.45, 7) is 3.68. The minimum Gasteiger partial charge on any atom is -0.368 e. The van der Waals surface area contributed by atoms with Crippen molar-refractivity contribution in [1.82, 2.24) is 29.5 Å². The summed E-state index contributed by atoms with van der Waals surface area (Å²) < 4.78 is 15.8. The third-order valence-electron chi connectivity index (χ3n) is 5.86. The van der Waals surface area contributed by atoms with E-state index in [9.17, 15) is 9.65 Å². The van der Waals surface area contributed by atoms with Gasteiger partial charge in [-0.2, -0.15) is 15.3 Å². The van der Waals surface area contributed by atoms with Gasteiger partial charge < -0.3 is 11.1 Å². The van der Waals surface area contributed by atoms with Gasteiger partial charge in [-0.15, -0.1) is 0 Å². The van der Waals surface area contributed by atoms with Gasteiger partial charge in [-0.3, -0.25) is 4.98 Å². The number of hydrogen-bond donors (Lipinski definition) is 2. The van der Waals surface area contributed by atoms with Gasteiger partial charge in [0.1, 0.15) is 28.3 Å². The molecule has 0 amide bonds. The molecule has 0 saturated heterocycles. The fraction of sp³-hybridized carbons (Fsp3) is 0.304. The van der Waals surface area contributed by atoms with Crippen LogP contribution in [0.4, 0.5) is 16.2 Å². The van der Waals surface area contributed by atoms with E-state index in [4.69, 9.17) is 22.3 Å². The molecule has 3 N–H and O–H groups in total. The summed E-state index contributed by atoms with van der Waals surface area (Å²) in [7, 11) is 0. The highest BCUT2D eigenvalue weighted by Crippen LogP contribution is 2.44. The van der Waals surface area contributed by atoms with Crippen molar-refractivity contribution in [3.63, 3.8) is 0 Å². The lowest BCUT2D eigenvalue weighted by molar-refractivity contribution is 0.621. The van der Waals surface area contributed by atoms with Crippen LogP contribution in [0.25, 0.3) is 16.9 Å². The van der Waals surface area contributed by atoms with E-state index in [0.717, 1.165) is 30.3 Å². The van der Waals surface area contributed by atoms with Gasteiger partial charge in [0.25, 0.3) is 0 Å². The van der Waals surface area contributed by atoms with Gasteiger partial charge in [-0.25, -0.2) is 18.9 Å². The van der Waals surface area contributed by atoms with Crippen molar-refractivity contribution < 1.29 is 4.39 Å². The number of nitrogens with one attached hydrogen (secondary N) is 1. The first-order valence-corrected chi connectivity index (χ1v) is 11.3. The number of fused-ring (bicyclic) bond motifs is 1. The first-order chi connectivity index (χ1) is 16.4. The second-order valence-electron chi connectivity index (χ2n) is 8.29. The summed E-state index contributed by atoms with van der Waals surface area (Å²) in [6.07, 6.45) is 7.22. The lowest BCUT2D eigenvalue weighted by atomic mass is 10.00. The van der Waals surface area contributed by atoms with Crippen molar-refractivity contribution in [2.75, 3.05) is 11.1 Å². The molecule has 1 fully saturated rings. The highest BCUT2D eigenvalue weighted by Gasteiger charge is 2.31. The van der Waals surface area contributed by atoms with Gasteiger partial charge in [0.15, 0.2) is 5.65 Å². The Kier molecular flexibility index (Phi) is 5.49. The normalized spacial score (nSPS) is 14.2. The van der Waals surface area contributed by atoms with Crippen LogP contribution in [0.2, 0.25) is 5.02 Å². The molecular weight excluding hydrogens is 457 g/mol. The van der Waals surface area contributed by atoms with Crippen molar-refractivity contribution in [2.24, 2.45) is 0 Å². The van der Waals surface area contributed by atoms with Crippen LogP contribution in [0.1, 0.15) is 60.7 Å².